The van der Waals surface area contributed by atoms with Crippen LogP contribution in [0.1, 0.15) is 226 Å². The average molecular weight is 643 g/mol. The maximum absolute atomic E-state index is 11.1. The average Bonchev–Trinajstić information content (AvgIpc) is 3.00. The van der Waals surface area contributed by atoms with E-state index in [1.165, 1.54) is 193 Å². The topological polar surface area (TPSA) is 63.6 Å². The van der Waals surface area contributed by atoms with Crippen LogP contribution in [0.3, 0.4) is 0 Å². The molecule has 1 unspecified atom stereocenters. The second-order valence-corrected chi connectivity index (χ2v) is 14.8. The first kappa shape index (κ1) is 43.6. The summed E-state index contributed by atoms with van der Waals surface area (Å²) in [6.45, 7) is 4.61. The van der Waals surface area contributed by atoms with Gasteiger partial charge < -0.3 is 0 Å². The quantitative estimate of drug-likeness (QED) is 0.0416. The van der Waals surface area contributed by atoms with Gasteiger partial charge in [-0.1, -0.05) is 219 Å². The molecule has 0 aliphatic carbocycles. The third-order valence-electron chi connectivity index (χ3n) is 9.24. The lowest BCUT2D eigenvalue weighted by molar-refractivity contribution is 0.234. The molecule has 0 aromatic carbocycles. The normalized spacial score (nSPS) is 12.9. The van der Waals surface area contributed by atoms with Crippen LogP contribution in [0.25, 0.3) is 0 Å². The summed E-state index contributed by atoms with van der Waals surface area (Å²) in [5.41, 5.74) is 0. The first-order valence-electron chi connectivity index (χ1n) is 19.8. The standard InChI is InChI=1S/C39H78O4S/c1-3-5-7-9-11-13-15-17-19-21-23-25-27-29-31-33-35-37-39(38-43-44(40,41)42)36-34-32-30-28-26-24-22-20-18-16-14-12-10-8-6-4-2/h34,36,39H,3-33,35,37-38H2,1-2H3,(H,40,41,42)/b36-34+. The summed E-state index contributed by atoms with van der Waals surface area (Å²) in [5.74, 6) is 0.0555. The van der Waals surface area contributed by atoms with Crippen molar-refractivity contribution in [3.8, 4) is 0 Å². The van der Waals surface area contributed by atoms with Crippen LogP contribution in [0.5, 0.6) is 0 Å². The SMILES string of the molecule is CCCCCCCCCCCCCCCC/C=C/C(CCCCCCCCCCCCCCCCCCC)COS(=O)(=O)O. The molecule has 4 nitrogen and oxygen atoms in total. The molecule has 0 aliphatic rings. The molecule has 0 saturated carbocycles. The molecular weight excluding hydrogens is 564 g/mol. The molecule has 0 rings (SSSR count). The fraction of sp³-hybridized carbons (Fsp3) is 0.949. The molecule has 1 atom stereocenters. The fourth-order valence-corrected chi connectivity index (χ4v) is 6.63. The van der Waals surface area contributed by atoms with Crippen LogP contribution in [0.15, 0.2) is 12.2 Å². The van der Waals surface area contributed by atoms with Gasteiger partial charge in [0, 0.05) is 5.92 Å². The van der Waals surface area contributed by atoms with Crippen molar-refractivity contribution in [3.05, 3.63) is 12.2 Å². The van der Waals surface area contributed by atoms with Crippen molar-refractivity contribution in [3.63, 3.8) is 0 Å². The molecule has 0 heterocycles. The van der Waals surface area contributed by atoms with Gasteiger partial charge in [-0.05, 0) is 19.3 Å². The molecular formula is C39H78O4S. The van der Waals surface area contributed by atoms with Crippen molar-refractivity contribution in [1.82, 2.24) is 0 Å². The Morgan fingerprint density at radius 1 is 0.477 bits per heavy atom. The van der Waals surface area contributed by atoms with Gasteiger partial charge in [0.15, 0.2) is 0 Å². The highest BCUT2D eigenvalue weighted by Gasteiger charge is 2.11. The van der Waals surface area contributed by atoms with Crippen LogP contribution in [-0.4, -0.2) is 19.6 Å². The maximum Gasteiger partial charge on any atom is 0.397 e. The molecule has 0 bridgehead atoms. The summed E-state index contributed by atoms with van der Waals surface area (Å²) in [4.78, 5) is 0. The lowest BCUT2D eigenvalue weighted by Crippen LogP contribution is -2.12. The van der Waals surface area contributed by atoms with Crippen LogP contribution < -0.4 is 0 Å². The molecule has 0 aromatic heterocycles. The molecule has 0 spiro atoms. The summed E-state index contributed by atoms with van der Waals surface area (Å²) in [5, 5.41) is 0. The van der Waals surface area contributed by atoms with Crippen LogP contribution in [0.2, 0.25) is 0 Å². The van der Waals surface area contributed by atoms with Crippen LogP contribution in [-0.2, 0) is 14.6 Å². The Morgan fingerprint density at radius 2 is 0.773 bits per heavy atom. The molecule has 0 aliphatic heterocycles. The zero-order valence-corrected chi connectivity index (χ0v) is 30.7. The lowest BCUT2D eigenvalue weighted by atomic mass is 9.99. The molecule has 0 radical (unpaired) electrons. The third kappa shape index (κ3) is 37.8. The van der Waals surface area contributed by atoms with Crippen molar-refractivity contribution < 1.29 is 17.2 Å². The molecule has 1 N–H and O–H groups in total. The van der Waals surface area contributed by atoms with Crippen molar-refractivity contribution in [1.29, 1.82) is 0 Å². The van der Waals surface area contributed by atoms with Gasteiger partial charge in [-0.25, -0.2) is 4.18 Å². The number of unbranched alkanes of at least 4 members (excludes halogenated alkanes) is 30. The highest BCUT2D eigenvalue weighted by atomic mass is 32.3. The smallest absolute Gasteiger partial charge is 0.264 e. The van der Waals surface area contributed by atoms with Gasteiger partial charge in [0.2, 0.25) is 0 Å². The molecule has 264 valence electrons. The van der Waals surface area contributed by atoms with Gasteiger partial charge in [-0.3, -0.25) is 4.55 Å². The van der Waals surface area contributed by atoms with E-state index in [-0.39, 0.29) is 12.5 Å². The summed E-state index contributed by atoms with van der Waals surface area (Å²) in [6, 6.07) is 0. The van der Waals surface area contributed by atoms with Crippen LogP contribution >= 0.6 is 0 Å². The lowest BCUT2D eigenvalue weighted by Gasteiger charge is -2.12. The minimum Gasteiger partial charge on any atom is -0.264 e. The number of rotatable bonds is 37. The van der Waals surface area contributed by atoms with Gasteiger partial charge >= 0.3 is 10.4 Å². The van der Waals surface area contributed by atoms with E-state index in [0.29, 0.717) is 0 Å². The third-order valence-corrected chi connectivity index (χ3v) is 9.68. The number of hydrogen-bond donors (Lipinski definition) is 1. The molecule has 0 amide bonds. The zero-order chi connectivity index (χ0) is 32.2. The van der Waals surface area contributed by atoms with Crippen LogP contribution in [0, 0.1) is 5.92 Å². The Hall–Kier alpha value is -0.390. The molecule has 0 aromatic rings. The van der Waals surface area contributed by atoms with Gasteiger partial charge in [-0.15, -0.1) is 0 Å². The first-order valence-corrected chi connectivity index (χ1v) is 21.1. The van der Waals surface area contributed by atoms with Crippen molar-refractivity contribution in [2.45, 2.75) is 226 Å². The van der Waals surface area contributed by atoms with Gasteiger partial charge in [0.25, 0.3) is 0 Å². The van der Waals surface area contributed by atoms with E-state index in [0.717, 1.165) is 19.3 Å². The minimum atomic E-state index is -4.38. The Balaban J connectivity index is 3.72. The highest BCUT2D eigenvalue weighted by molar-refractivity contribution is 7.80. The molecule has 44 heavy (non-hydrogen) atoms. The summed E-state index contributed by atoms with van der Waals surface area (Å²) < 4.78 is 36.0. The van der Waals surface area contributed by atoms with E-state index in [4.69, 9.17) is 8.74 Å². The second kappa shape index (κ2) is 35.5. The number of allylic oxidation sites excluding steroid dienone is 1. The predicted octanol–water partition coefficient (Wildman–Crippen LogP) is 13.9. The van der Waals surface area contributed by atoms with E-state index in [1.54, 1.807) is 0 Å². The summed E-state index contributed by atoms with van der Waals surface area (Å²) >= 11 is 0. The van der Waals surface area contributed by atoms with Gasteiger partial charge in [0.05, 0.1) is 6.61 Å². The monoisotopic (exact) mass is 643 g/mol. The number of hydrogen-bond acceptors (Lipinski definition) is 3. The second-order valence-electron chi connectivity index (χ2n) is 13.7. The molecule has 5 heteroatoms. The fourth-order valence-electron chi connectivity index (χ4n) is 6.29. The summed E-state index contributed by atoms with van der Waals surface area (Å²) in [7, 11) is -4.38. The first-order chi connectivity index (χ1) is 21.5. The van der Waals surface area contributed by atoms with E-state index < -0.39 is 10.4 Å². The largest absolute Gasteiger partial charge is 0.397 e. The summed E-state index contributed by atoms with van der Waals surface area (Å²) in [6.07, 6.45) is 48.5. The molecule has 0 fully saturated rings. The van der Waals surface area contributed by atoms with E-state index in [2.05, 4.69) is 26.0 Å². The Kier molecular flexibility index (Phi) is 35.1. The van der Waals surface area contributed by atoms with E-state index in [9.17, 15) is 8.42 Å². The Bertz CT molecular complexity index is 676. The Morgan fingerprint density at radius 3 is 1.09 bits per heavy atom. The predicted molar refractivity (Wildman–Crippen MR) is 194 cm³/mol. The molecule has 0 saturated heterocycles. The van der Waals surface area contributed by atoms with Crippen molar-refractivity contribution >= 4 is 10.4 Å². The zero-order valence-electron chi connectivity index (χ0n) is 29.9. The van der Waals surface area contributed by atoms with Crippen LogP contribution in [0.4, 0.5) is 0 Å². The maximum atomic E-state index is 11.1. The Labute approximate surface area is 277 Å². The van der Waals surface area contributed by atoms with E-state index >= 15 is 0 Å². The van der Waals surface area contributed by atoms with Crippen molar-refractivity contribution in [2.24, 2.45) is 5.92 Å². The van der Waals surface area contributed by atoms with Gasteiger partial charge in [-0.2, -0.15) is 8.42 Å². The highest BCUT2D eigenvalue weighted by Crippen LogP contribution is 2.18. The minimum absolute atomic E-state index is 0.0485. The van der Waals surface area contributed by atoms with Gasteiger partial charge in [0.1, 0.15) is 0 Å². The van der Waals surface area contributed by atoms with Crippen molar-refractivity contribution in [2.75, 3.05) is 6.61 Å². The van der Waals surface area contributed by atoms with E-state index in [1.807, 2.05) is 0 Å².